The van der Waals surface area contributed by atoms with Gasteiger partial charge in [0, 0.05) is 6.04 Å². The Hall–Kier alpha value is -2.82. The average molecular weight is 364 g/mol. The minimum absolute atomic E-state index is 0.0240. The molecule has 0 bridgehead atoms. The summed E-state index contributed by atoms with van der Waals surface area (Å²) in [7, 11) is 0. The van der Waals surface area contributed by atoms with Crippen molar-refractivity contribution in [3.8, 4) is 11.5 Å². The average Bonchev–Trinajstić information content (AvgIpc) is 3.34. The van der Waals surface area contributed by atoms with Crippen molar-refractivity contribution in [2.24, 2.45) is 11.8 Å². The SMILES string of the molecule is O=C(Nc1ccccc1Oc1ccccc1)C1CC1C(=O)NC1CCCC1. The first-order valence-electron chi connectivity index (χ1n) is 9.64. The van der Waals surface area contributed by atoms with Crippen molar-refractivity contribution < 1.29 is 14.3 Å². The van der Waals surface area contributed by atoms with Crippen LogP contribution in [0.15, 0.2) is 54.6 Å². The molecule has 0 radical (unpaired) electrons. The molecule has 2 saturated carbocycles. The number of carbonyl (C=O) groups excluding carboxylic acids is 2. The number of rotatable bonds is 6. The Morgan fingerprint density at radius 2 is 1.52 bits per heavy atom. The molecule has 5 nitrogen and oxygen atoms in total. The molecule has 0 saturated heterocycles. The molecule has 0 aliphatic heterocycles. The number of ether oxygens (including phenoxy) is 1. The molecule has 0 aromatic heterocycles. The van der Waals surface area contributed by atoms with Crippen molar-refractivity contribution in [1.82, 2.24) is 5.32 Å². The summed E-state index contributed by atoms with van der Waals surface area (Å²) in [4.78, 5) is 24.9. The minimum Gasteiger partial charge on any atom is -0.455 e. The number of anilines is 1. The third-order valence-corrected chi connectivity index (χ3v) is 5.28. The molecule has 2 unspecified atom stereocenters. The number of amides is 2. The molecule has 0 heterocycles. The van der Waals surface area contributed by atoms with Gasteiger partial charge in [-0.1, -0.05) is 43.2 Å². The van der Waals surface area contributed by atoms with Crippen molar-refractivity contribution in [1.29, 1.82) is 0 Å². The second kappa shape index (κ2) is 7.82. The van der Waals surface area contributed by atoms with E-state index in [2.05, 4.69) is 10.6 Å². The second-order valence-corrected chi connectivity index (χ2v) is 7.34. The summed E-state index contributed by atoms with van der Waals surface area (Å²) in [6.07, 6.45) is 5.08. The number of benzene rings is 2. The molecule has 2 aliphatic rings. The molecule has 140 valence electrons. The van der Waals surface area contributed by atoms with E-state index in [-0.39, 0.29) is 23.7 Å². The Morgan fingerprint density at radius 3 is 2.30 bits per heavy atom. The van der Waals surface area contributed by atoms with E-state index in [1.165, 1.54) is 12.8 Å². The summed E-state index contributed by atoms with van der Waals surface area (Å²) in [5.41, 5.74) is 0.619. The van der Waals surface area contributed by atoms with Crippen LogP contribution in [0, 0.1) is 11.8 Å². The van der Waals surface area contributed by atoms with E-state index in [1.54, 1.807) is 0 Å². The maximum Gasteiger partial charge on any atom is 0.228 e. The summed E-state index contributed by atoms with van der Waals surface area (Å²) in [6, 6.07) is 17.1. The molecule has 2 atom stereocenters. The highest BCUT2D eigenvalue weighted by atomic mass is 16.5. The van der Waals surface area contributed by atoms with Crippen LogP contribution in [0.25, 0.3) is 0 Å². The summed E-state index contributed by atoms with van der Waals surface area (Å²) in [5, 5.41) is 6.02. The summed E-state index contributed by atoms with van der Waals surface area (Å²) in [5.74, 6) is 0.745. The Morgan fingerprint density at radius 1 is 0.852 bits per heavy atom. The van der Waals surface area contributed by atoms with Crippen LogP contribution in [-0.2, 0) is 9.59 Å². The number of carbonyl (C=O) groups is 2. The topological polar surface area (TPSA) is 67.4 Å². The maximum absolute atomic E-state index is 12.6. The number of para-hydroxylation sites is 3. The van der Waals surface area contributed by atoms with Gasteiger partial charge in [-0.3, -0.25) is 9.59 Å². The second-order valence-electron chi connectivity index (χ2n) is 7.34. The largest absolute Gasteiger partial charge is 0.455 e. The molecule has 2 aliphatic carbocycles. The lowest BCUT2D eigenvalue weighted by molar-refractivity contribution is -0.125. The van der Waals surface area contributed by atoms with E-state index in [0.717, 1.165) is 12.8 Å². The highest BCUT2D eigenvalue weighted by molar-refractivity contribution is 6.00. The number of hydrogen-bond acceptors (Lipinski definition) is 3. The van der Waals surface area contributed by atoms with Crippen LogP contribution in [0.1, 0.15) is 32.1 Å². The lowest BCUT2D eigenvalue weighted by Crippen LogP contribution is -2.34. The fraction of sp³-hybridized carbons (Fsp3) is 0.364. The molecule has 2 fully saturated rings. The van der Waals surface area contributed by atoms with Gasteiger partial charge >= 0.3 is 0 Å². The molecule has 0 spiro atoms. The molecule has 2 aromatic carbocycles. The van der Waals surface area contributed by atoms with Crippen molar-refractivity contribution in [3.05, 3.63) is 54.6 Å². The lowest BCUT2D eigenvalue weighted by atomic mass is 10.2. The third-order valence-electron chi connectivity index (χ3n) is 5.28. The fourth-order valence-corrected chi connectivity index (χ4v) is 3.65. The molecule has 2 N–H and O–H groups in total. The molecule has 4 rings (SSSR count). The molecule has 2 aromatic rings. The number of nitrogens with one attached hydrogen (secondary N) is 2. The van der Waals surface area contributed by atoms with Crippen LogP contribution in [0.3, 0.4) is 0 Å². The molecule has 27 heavy (non-hydrogen) atoms. The molecular formula is C22H24N2O3. The zero-order valence-electron chi connectivity index (χ0n) is 15.2. The van der Waals surface area contributed by atoms with Crippen LogP contribution >= 0.6 is 0 Å². The summed E-state index contributed by atoms with van der Waals surface area (Å²) in [6.45, 7) is 0. The van der Waals surface area contributed by atoms with Crippen LogP contribution in [0.4, 0.5) is 5.69 Å². The van der Waals surface area contributed by atoms with E-state index < -0.39 is 0 Å². The number of hydrogen-bond donors (Lipinski definition) is 2. The van der Waals surface area contributed by atoms with Gasteiger partial charge in [-0.05, 0) is 43.5 Å². The maximum atomic E-state index is 12.6. The van der Waals surface area contributed by atoms with Crippen molar-refractivity contribution in [3.63, 3.8) is 0 Å². The van der Waals surface area contributed by atoms with E-state index in [9.17, 15) is 9.59 Å². The van der Waals surface area contributed by atoms with Gasteiger partial charge in [0.2, 0.25) is 11.8 Å². The smallest absolute Gasteiger partial charge is 0.228 e. The first-order valence-corrected chi connectivity index (χ1v) is 9.64. The van der Waals surface area contributed by atoms with Gasteiger partial charge in [-0.2, -0.15) is 0 Å². The predicted molar refractivity (Wildman–Crippen MR) is 104 cm³/mol. The normalized spacial score (nSPS) is 21.5. The molecule has 5 heteroatoms. The van der Waals surface area contributed by atoms with Crippen LogP contribution in [0.2, 0.25) is 0 Å². The van der Waals surface area contributed by atoms with Crippen LogP contribution < -0.4 is 15.4 Å². The van der Waals surface area contributed by atoms with Gasteiger partial charge in [0.15, 0.2) is 5.75 Å². The Bertz CT molecular complexity index is 815. The Labute approximate surface area is 159 Å². The Kier molecular flexibility index (Phi) is 5.10. The van der Waals surface area contributed by atoms with Gasteiger partial charge < -0.3 is 15.4 Å². The van der Waals surface area contributed by atoms with Gasteiger partial charge in [-0.25, -0.2) is 0 Å². The summed E-state index contributed by atoms with van der Waals surface area (Å²) < 4.78 is 5.88. The molecule has 2 amide bonds. The predicted octanol–water partition coefficient (Wildman–Crippen LogP) is 4.11. The van der Waals surface area contributed by atoms with E-state index in [4.69, 9.17) is 4.74 Å². The van der Waals surface area contributed by atoms with E-state index in [1.807, 2.05) is 54.6 Å². The van der Waals surface area contributed by atoms with Gasteiger partial charge in [-0.15, -0.1) is 0 Å². The highest BCUT2D eigenvalue weighted by Gasteiger charge is 2.48. The molecular weight excluding hydrogens is 340 g/mol. The van der Waals surface area contributed by atoms with E-state index in [0.29, 0.717) is 29.6 Å². The zero-order chi connectivity index (χ0) is 18.6. The summed E-state index contributed by atoms with van der Waals surface area (Å²) >= 11 is 0. The lowest BCUT2D eigenvalue weighted by Gasteiger charge is -2.13. The highest BCUT2D eigenvalue weighted by Crippen LogP contribution is 2.41. The van der Waals surface area contributed by atoms with Crippen molar-refractivity contribution in [2.45, 2.75) is 38.1 Å². The van der Waals surface area contributed by atoms with Gasteiger partial charge in [0.25, 0.3) is 0 Å². The Balaban J connectivity index is 1.35. The zero-order valence-corrected chi connectivity index (χ0v) is 15.2. The first kappa shape index (κ1) is 17.6. The van der Waals surface area contributed by atoms with Gasteiger partial charge in [0.05, 0.1) is 17.5 Å². The van der Waals surface area contributed by atoms with Crippen LogP contribution in [-0.4, -0.2) is 17.9 Å². The van der Waals surface area contributed by atoms with Crippen LogP contribution in [0.5, 0.6) is 11.5 Å². The minimum atomic E-state index is -0.254. The van der Waals surface area contributed by atoms with E-state index >= 15 is 0 Å². The third kappa shape index (κ3) is 4.30. The first-order chi connectivity index (χ1) is 13.2. The van der Waals surface area contributed by atoms with Crippen molar-refractivity contribution in [2.75, 3.05) is 5.32 Å². The van der Waals surface area contributed by atoms with Crippen molar-refractivity contribution >= 4 is 17.5 Å². The van der Waals surface area contributed by atoms with Gasteiger partial charge in [0.1, 0.15) is 5.75 Å². The fourth-order valence-electron chi connectivity index (χ4n) is 3.65. The quantitative estimate of drug-likeness (QED) is 0.810. The standard InChI is InChI=1S/C22H24N2O3/c25-21(23-15-8-4-5-9-15)17-14-18(17)22(26)24-19-12-6-7-13-20(19)27-16-10-2-1-3-11-16/h1-3,6-7,10-13,15,17-18H,4-5,8-9,14H2,(H,23,25)(H,24,26). The monoisotopic (exact) mass is 364 g/mol.